The zero-order chi connectivity index (χ0) is 13.1. The number of anilines is 1. The summed E-state index contributed by atoms with van der Waals surface area (Å²) in [5.74, 6) is 1.56. The molecular formula is C15H17NO2. The lowest BCUT2D eigenvalue weighted by Crippen LogP contribution is -1.96. The van der Waals surface area contributed by atoms with Crippen molar-refractivity contribution in [2.24, 2.45) is 0 Å². The van der Waals surface area contributed by atoms with Crippen LogP contribution in [0.25, 0.3) is 11.1 Å². The zero-order valence-electron chi connectivity index (χ0n) is 10.9. The molecular weight excluding hydrogens is 226 g/mol. The monoisotopic (exact) mass is 243 g/mol. The minimum absolute atomic E-state index is 0.764. The minimum atomic E-state index is 0.764. The van der Waals surface area contributed by atoms with E-state index in [2.05, 4.69) is 0 Å². The topological polar surface area (TPSA) is 44.5 Å². The van der Waals surface area contributed by atoms with E-state index in [1.165, 1.54) is 0 Å². The molecule has 94 valence electrons. The van der Waals surface area contributed by atoms with Gasteiger partial charge in [0, 0.05) is 5.69 Å². The van der Waals surface area contributed by atoms with Crippen molar-refractivity contribution in [2.75, 3.05) is 20.0 Å². The third kappa shape index (κ3) is 1.99. The van der Waals surface area contributed by atoms with Gasteiger partial charge in [0.25, 0.3) is 0 Å². The van der Waals surface area contributed by atoms with Crippen LogP contribution in [0.5, 0.6) is 11.5 Å². The van der Waals surface area contributed by atoms with Gasteiger partial charge in [0.15, 0.2) is 0 Å². The fourth-order valence-corrected chi connectivity index (χ4v) is 2.04. The van der Waals surface area contributed by atoms with Crippen molar-refractivity contribution in [3.05, 3.63) is 42.0 Å². The van der Waals surface area contributed by atoms with Crippen molar-refractivity contribution in [2.45, 2.75) is 6.92 Å². The lowest BCUT2D eigenvalue weighted by Gasteiger charge is -2.15. The molecule has 0 saturated heterocycles. The number of methoxy groups -OCH3 is 2. The van der Waals surface area contributed by atoms with E-state index in [-0.39, 0.29) is 0 Å². The summed E-state index contributed by atoms with van der Waals surface area (Å²) in [6.45, 7) is 2.00. The molecule has 0 unspecified atom stereocenters. The molecule has 0 aliphatic rings. The van der Waals surface area contributed by atoms with Crippen LogP contribution >= 0.6 is 0 Å². The molecule has 2 aromatic rings. The van der Waals surface area contributed by atoms with Crippen molar-refractivity contribution in [1.29, 1.82) is 0 Å². The SMILES string of the molecule is COc1cccc(OC)c1-c1cccc(N)c1C. The Kier molecular flexibility index (Phi) is 3.42. The van der Waals surface area contributed by atoms with Gasteiger partial charge >= 0.3 is 0 Å². The van der Waals surface area contributed by atoms with Crippen LogP contribution in [-0.4, -0.2) is 14.2 Å². The molecule has 0 amide bonds. The summed E-state index contributed by atoms with van der Waals surface area (Å²) in [5, 5.41) is 0. The van der Waals surface area contributed by atoms with Crippen molar-refractivity contribution < 1.29 is 9.47 Å². The largest absolute Gasteiger partial charge is 0.496 e. The maximum absolute atomic E-state index is 5.96. The molecule has 0 atom stereocenters. The lowest BCUT2D eigenvalue weighted by atomic mass is 9.97. The highest BCUT2D eigenvalue weighted by Gasteiger charge is 2.14. The van der Waals surface area contributed by atoms with Gasteiger partial charge in [0.2, 0.25) is 0 Å². The van der Waals surface area contributed by atoms with Gasteiger partial charge in [-0.05, 0) is 36.2 Å². The van der Waals surface area contributed by atoms with Crippen molar-refractivity contribution >= 4 is 5.69 Å². The Labute approximate surface area is 107 Å². The van der Waals surface area contributed by atoms with Gasteiger partial charge in [0.05, 0.1) is 19.8 Å². The first kappa shape index (κ1) is 12.3. The Morgan fingerprint density at radius 1 is 0.889 bits per heavy atom. The van der Waals surface area contributed by atoms with E-state index in [0.29, 0.717) is 0 Å². The summed E-state index contributed by atoms with van der Waals surface area (Å²) >= 11 is 0. The number of hydrogen-bond acceptors (Lipinski definition) is 3. The van der Waals surface area contributed by atoms with Crippen molar-refractivity contribution in [3.8, 4) is 22.6 Å². The minimum Gasteiger partial charge on any atom is -0.496 e. The van der Waals surface area contributed by atoms with Gasteiger partial charge < -0.3 is 15.2 Å². The Morgan fingerprint density at radius 2 is 1.44 bits per heavy atom. The van der Waals surface area contributed by atoms with Crippen molar-refractivity contribution in [3.63, 3.8) is 0 Å². The Bertz CT molecular complexity index is 542. The average molecular weight is 243 g/mol. The van der Waals surface area contributed by atoms with Crippen LogP contribution in [-0.2, 0) is 0 Å². The smallest absolute Gasteiger partial charge is 0.130 e. The van der Waals surface area contributed by atoms with Crippen LogP contribution in [0.3, 0.4) is 0 Å². The number of nitrogens with two attached hydrogens (primary N) is 1. The third-order valence-corrected chi connectivity index (χ3v) is 3.07. The first-order chi connectivity index (χ1) is 8.69. The van der Waals surface area contributed by atoms with Gasteiger partial charge in [-0.3, -0.25) is 0 Å². The molecule has 3 nitrogen and oxygen atoms in total. The Hall–Kier alpha value is -2.16. The highest BCUT2D eigenvalue weighted by molar-refractivity contribution is 5.81. The molecule has 0 spiro atoms. The Balaban J connectivity index is 2.73. The van der Waals surface area contributed by atoms with Crippen LogP contribution in [0, 0.1) is 6.92 Å². The van der Waals surface area contributed by atoms with Crippen LogP contribution in [0.2, 0.25) is 0 Å². The molecule has 0 fully saturated rings. The van der Waals surface area contributed by atoms with Crippen LogP contribution in [0.15, 0.2) is 36.4 Å². The normalized spacial score (nSPS) is 10.2. The summed E-state index contributed by atoms with van der Waals surface area (Å²) in [4.78, 5) is 0. The molecule has 0 saturated carbocycles. The van der Waals surface area contributed by atoms with E-state index in [4.69, 9.17) is 15.2 Å². The zero-order valence-corrected chi connectivity index (χ0v) is 10.9. The van der Waals surface area contributed by atoms with Gasteiger partial charge in [-0.1, -0.05) is 18.2 Å². The quantitative estimate of drug-likeness (QED) is 0.841. The molecule has 0 radical (unpaired) electrons. The average Bonchev–Trinajstić information content (AvgIpc) is 2.41. The second-order valence-electron chi connectivity index (χ2n) is 4.06. The Morgan fingerprint density at radius 3 is 2.00 bits per heavy atom. The molecule has 0 aliphatic heterocycles. The summed E-state index contributed by atoms with van der Waals surface area (Å²) in [6, 6.07) is 11.6. The summed E-state index contributed by atoms with van der Waals surface area (Å²) < 4.78 is 10.8. The third-order valence-electron chi connectivity index (χ3n) is 3.07. The summed E-state index contributed by atoms with van der Waals surface area (Å²) in [6.07, 6.45) is 0. The molecule has 3 heteroatoms. The standard InChI is InChI=1S/C15H17NO2/c1-10-11(6-4-7-12(10)16)15-13(17-2)8-5-9-14(15)18-3/h4-9H,16H2,1-3H3. The van der Waals surface area contributed by atoms with Crippen LogP contribution in [0.1, 0.15) is 5.56 Å². The van der Waals surface area contributed by atoms with E-state index in [9.17, 15) is 0 Å². The van der Waals surface area contributed by atoms with E-state index >= 15 is 0 Å². The maximum Gasteiger partial charge on any atom is 0.130 e. The highest BCUT2D eigenvalue weighted by Crippen LogP contribution is 2.40. The molecule has 18 heavy (non-hydrogen) atoms. The van der Waals surface area contributed by atoms with Crippen molar-refractivity contribution in [1.82, 2.24) is 0 Å². The maximum atomic E-state index is 5.96. The van der Waals surface area contributed by atoms with E-state index in [1.54, 1.807) is 14.2 Å². The molecule has 0 aliphatic carbocycles. The predicted octanol–water partition coefficient (Wildman–Crippen LogP) is 3.26. The first-order valence-electron chi connectivity index (χ1n) is 5.75. The number of ether oxygens (including phenoxy) is 2. The fourth-order valence-electron chi connectivity index (χ4n) is 2.04. The van der Waals surface area contributed by atoms with Gasteiger partial charge in [-0.2, -0.15) is 0 Å². The van der Waals surface area contributed by atoms with Crippen LogP contribution in [0.4, 0.5) is 5.69 Å². The van der Waals surface area contributed by atoms with Gasteiger partial charge in [-0.25, -0.2) is 0 Å². The predicted molar refractivity (Wildman–Crippen MR) is 74.1 cm³/mol. The van der Waals surface area contributed by atoms with E-state index in [0.717, 1.165) is 33.9 Å². The first-order valence-corrected chi connectivity index (χ1v) is 5.75. The number of hydrogen-bond donors (Lipinski definition) is 1. The summed E-state index contributed by atoms with van der Waals surface area (Å²) in [5.41, 5.74) is 9.72. The van der Waals surface area contributed by atoms with Gasteiger partial charge in [-0.15, -0.1) is 0 Å². The summed E-state index contributed by atoms with van der Waals surface area (Å²) in [7, 11) is 3.31. The molecule has 2 rings (SSSR count). The van der Waals surface area contributed by atoms with E-state index in [1.807, 2.05) is 43.3 Å². The second kappa shape index (κ2) is 5.00. The number of nitrogen functional groups attached to an aromatic ring is 1. The molecule has 0 aromatic heterocycles. The van der Waals surface area contributed by atoms with E-state index < -0.39 is 0 Å². The van der Waals surface area contributed by atoms with Crippen LogP contribution < -0.4 is 15.2 Å². The lowest BCUT2D eigenvalue weighted by molar-refractivity contribution is 0.397. The molecule has 2 N–H and O–H groups in total. The number of benzene rings is 2. The molecule has 0 heterocycles. The highest BCUT2D eigenvalue weighted by atomic mass is 16.5. The van der Waals surface area contributed by atoms with Gasteiger partial charge in [0.1, 0.15) is 11.5 Å². The fraction of sp³-hybridized carbons (Fsp3) is 0.200. The molecule has 2 aromatic carbocycles. The second-order valence-corrected chi connectivity index (χ2v) is 4.06. The number of rotatable bonds is 3. The molecule has 0 bridgehead atoms.